The van der Waals surface area contributed by atoms with Gasteiger partial charge in [0.2, 0.25) is 12.6 Å². The van der Waals surface area contributed by atoms with Gasteiger partial charge in [-0.1, -0.05) is 76.6 Å². The first-order valence-corrected chi connectivity index (χ1v) is 25.3. The van der Waals surface area contributed by atoms with E-state index in [2.05, 4.69) is 60.2 Å². The van der Waals surface area contributed by atoms with Crippen LogP contribution >= 0.6 is 0 Å². The largest absolute Gasteiger partial charge is 0.462 e. The van der Waals surface area contributed by atoms with Crippen LogP contribution in [0.3, 0.4) is 0 Å². The van der Waals surface area contributed by atoms with Crippen molar-refractivity contribution in [3.05, 3.63) is 107 Å². The molecule has 10 N–H and O–H groups in total. The number of aliphatic hydroxyl groups is 8. The molecule has 5 unspecified atom stereocenters. The van der Waals surface area contributed by atoms with Crippen molar-refractivity contribution in [2.45, 2.75) is 139 Å². The van der Waals surface area contributed by atoms with Gasteiger partial charge in [-0.05, 0) is 110 Å². The second-order valence-corrected chi connectivity index (χ2v) is 19.0. The maximum Gasteiger partial charge on any atom is 0.229 e. The molecule has 382 valence electrons. The summed E-state index contributed by atoms with van der Waals surface area (Å²) in [5, 5.41) is 82.2. The van der Waals surface area contributed by atoms with Crippen molar-refractivity contribution in [2.24, 2.45) is 0 Å². The maximum atomic E-state index is 10.7. The Morgan fingerprint density at radius 2 is 0.819 bits per heavy atom. The van der Waals surface area contributed by atoms with Gasteiger partial charge in [0.25, 0.3) is 0 Å². The van der Waals surface area contributed by atoms with E-state index in [1.165, 1.54) is 0 Å². The number of rotatable bonds is 18. The van der Waals surface area contributed by atoms with Crippen LogP contribution in [0.4, 0.5) is 0 Å². The Morgan fingerprint density at radius 1 is 0.444 bits per heavy atom. The molecule has 72 heavy (non-hydrogen) atoms. The molecule has 2 aromatic carbocycles. The molecule has 2 saturated heterocycles. The molecular formula is C56H66N4O12. The molecule has 3 aromatic heterocycles. The van der Waals surface area contributed by atoms with Gasteiger partial charge in [-0.25, -0.2) is 9.97 Å². The third-order valence-corrected chi connectivity index (χ3v) is 14.0. The number of unbranched alkanes of at least 4 members (excludes halogenated alkanes) is 6. The van der Waals surface area contributed by atoms with Crippen LogP contribution in [0.2, 0.25) is 0 Å². The molecule has 0 saturated carbocycles. The van der Waals surface area contributed by atoms with Crippen LogP contribution in [-0.2, 0) is 22.3 Å². The Hall–Kier alpha value is -5.76. The number of hydrogen-bond acceptors (Lipinski definition) is 14. The Bertz CT molecular complexity index is 2680. The van der Waals surface area contributed by atoms with E-state index in [0.717, 1.165) is 142 Å². The van der Waals surface area contributed by atoms with E-state index in [4.69, 9.17) is 28.9 Å². The number of nitrogens with zero attached hydrogens (tertiary/aromatic N) is 2. The van der Waals surface area contributed by atoms with Crippen LogP contribution < -0.4 is 9.47 Å². The highest BCUT2D eigenvalue weighted by Gasteiger charge is 2.46. The lowest BCUT2D eigenvalue weighted by molar-refractivity contribution is -0.277. The molecule has 7 heterocycles. The van der Waals surface area contributed by atoms with Crippen molar-refractivity contribution in [1.29, 1.82) is 0 Å². The molecule has 16 nitrogen and oxygen atoms in total. The third-order valence-electron chi connectivity index (χ3n) is 14.0. The predicted molar refractivity (Wildman–Crippen MR) is 274 cm³/mol. The fourth-order valence-corrected chi connectivity index (χ4v) is 9.91. The monoisotopic (exact) mass is 986 g/mol. The van der Waals surface area contributed by atoms with Gasteiger partial charge in [-0.15, -0.1) is 0 Å². The summed E-state index contributed by atoms with van der Waals surface area (Å²) in [7, 11) is 0. The molecule has 10 atom stereocenters. The third kappa shape index (κ3) is 10.8. The van der Waals surface area contributed by atoms with E-state index >= 15 is 0 Å². The number of aliphatic hydroxyl groups excluding tert-OH is 8. The minimum absolute atomic E-state index is 0.347. The Kier molecular flexibility index (Phi) is 16.3. The molecule has 9 rings (SSSR count). The zero-order valence-electron chi connectivity index (χ0n) is 40.6. The number of ether oxygens (including phenoxy) is 4. The number of hydrogen-bond donors (Lipinski definition) is 10. The first-order chi connectivity index (χ1) is 35.0. The lowest BCUT2D eigenvalue weighted by Gasteiger charge is -2.39. The molecule has 8 bridgehead atoms. The minimum atomic E-state index is -1.57. The van der Waals surface area contributed by atoms with Crippen molar-refractivity contribution in [3.8, 4) is 33.8 Å². The number of aromatic nitrogens is 4. The SMILES string of the molecule is CCCCCCc1c2nc(c(-c3ccc(O[C@@H]4OC(CO)[C@H](O)C(O)C4O)cc3)c3ccc([nH]3)c(CCCCCC)c3nc(c(-c4ccc(OC5O[C@H](CO)C(O)[C@@H](O)[C@H]5O)cc4)c4ccc1[nH]4)C=C3)C=C2. The highest BCUT2D eigenvalue weighted by molar-refractivity contribution is 5.94. The van der Waals surface area contributed by atoms with Crippen LogP contribution in [-0.4, -0.2) is 135 Å². The average Bonchev–Trinajstić information content (AvgIpc) is 4.26. The summed E-state index contributed by atoms with van der Waals surface area (Å²) in [6.07, 6.45) is 4.14. The first-order valence-electron chi connectivity index (χ1n) is 25.3. The predicted octanol–water partition coefficient (Wildman–Crippen LogP) is 6.59. The van der Waals surface area contributed by atoms with Gasteiger partial charge in [0.1, 0.15) is 60.3 Å². The summed E-state index contributed by atoms with van der Waals surface area (Å²) >= 11 is 0. The van der Waals surface area contributed by atoms with Crippen LogP contribution in [0.5, 0.6) is 11.5 Å². The molecule has 0 amide bonds. The van der Waals surface area contributed by atoms with Crippen molar-refractivity contribution >= 4 is 46.4 Å². The molecule has 0 aliphatic carbocycles. The summed E-state index contributed by atoms with van der Waals surface area (Å²) in [6, 6.07) is 22.9. The molecule has 4 aliphatic rings. The molecule has 2 fully saturated rings. The Morgan fingerprint density at radius 3 is 1.19 bits per heavy atom. The van der Waals surface area contributed by atoms with Gasteiger partial charge in [0, 0.05) is 44.3 Å². The highest BCUT2D eigenvalue weighted by Crippen LogP contribution is 2.37. The molecule has 0 radical (unpaired) electrons. The van der Waals surface area contributed by atoms with Crippen LogP contribution in [0.1, 0.15) is 99.1 Å². The van der Waals surface area contributed by atoms with Gasteiger partial charge in [0.15, 0.2) is 0 Å². The molecule has 5 aromatic rings. The number of H-pyrrole nitrogens is 2. The number of benzene rings is 2. The van der Waals surface area contributed by atoms with Crippen molar-refractivity contribution in [1.82, 2.24) is 19.9 Å². The summed E-state index contributed by atoms with van der Waals surface area (Å²) in [6.45, 7) is 3.26. The molecular weight excluding hydrogens is 921 g/mol. The lowest BCUT2D eigenvalue weighted by Crippen LogP contribution is -2.60. The fourth-order valence-electron chi connectivity index (χ4n) is 9.91. The highest BCUT2D eigenvalue weighted by atomic mass is 16.7. The zero-order valence-corrected chi connectivity index (χ0v) is 40.6. The summed E-state index contributed by atoms with van der Waals surface area (Å²) in [5.41, 5.74) is 12.2. The van der Waals surface area contributed by atoms with Crippen LogP contribution in [0.25, 0.3) is 68.6 Å². The van der Waals surface area contributed by atoms with E-state index in [1.54, 1.807) is 24.3 Å². The molecule has 0 spiro atoms. The molecule has 16 heteroatoms. The average molecular weight is 987 g/mol. The quantitative estimate of drug-likeness (QED) is 0.0407. The summed E-state index contributed by atoms with van der Waals surface area (Å²) < 4.78 is 23.2. The second kappa shape index (κ2) is 23.0. The summed E-state index contributed by atoms with van der Waals surface area (Å²) in [4.78, 5) is 18.3. The zero-order chi connectivity index (χ0) is 50.5. The van der Waals surface area contributed by atoms with E-state index < -0.39 is 74.6 Å². The van der Waals surface area contributed by atoms with Gasteiger partial charge in [-0.2, -0.15) is 0 Å². The van der Waals surface area contributed by atoms with Crippen LogP contribution in [0, 0.1) is 0 Å². The topological polar surface area (TPSA) is 256 Å². The van der Waals surface area contributed by atoms with Crippen molar-refractivity contribution in [3.63, 3.8) is 0 Å². The van der Waals surface area contributed by atoms with Crippen molar-refractivity contribution in [2.75, 3.05) is 13.2 Å². The van der Waals surface area contributed by atoms with Gasteiger partial charge < -0.3 is 69.8 Å². The minimum Gasteiger partial charge on any atom is -0.462 e. The lowest BCUT2D eigenvalue weighted by atomic mass is 9.99. The normalized spacial score (nSPS) is 25.0. The smallest absolute Gasteiger partial charge is 0.229 e. The first kappa shape index (κ1) is 51.2. The van der Waals surface area contributed by atoms with Gasteiger partial charge >= 0.3 is 0 Å². The van der Waals surface area contributed by atoms with E-state index in [9.17, 15) is 40.9 Å². The Labute approximate surface area is 417 Å². The number of nitrogens with one attached hydrogen (secondary N) is 2. The van der Waals surface area contributed by atoms with E-state index in [0.29, 0.717) is 11.5 Å². The second-order valence-electron chi connectivity index (χ2n) is 19.0. The van der Waals surface area contributed by atoms with Crippen LogP contribution in [0.15, 0.2) is 72.8 Å². The number of aromatic amines is 2. The fraction of sp³-hybridized carbons (Fsp3) is 0.429. The van der Waals surface area contributed by atoms with Gasteiger partial charge in [0.05, 0.1) is 36.0 Å². The van der Waals surface area contributed by atoms with E-state index in [-0.39, 0.29) is 0 Å². The standard InChI is InChI=1S/C56H66N4O12/c1-3-5-7-9-11-35-37-21-25-41(57-37)47(31-13-17-33(18-14-31)69-55-53(67)51(65)49(63)45(29-61)71-55)43-27-23-39(59-43)36(12-10-8-6-4-2)40-24-28-44(60-40)48(42-26-22-38(35)58-42)32-15-19-34(20-16-32)70-56-54(68)52(66)50(64)46(30-62)72-56/h13-28,45-46,49-57,60-68H,3-12,29-30H2,1-2H3/t45-,46?,49?,50+,51-,52?,53-,54?,55?,56-/m1/s1. The maximum absolute atomic E-state index is 10.7. The Balaban J connectivity index is 1.18. The molecule has 4 aliphatic heterocycles. The number of aryl methyl sites for hydroxylation is 2. The van der Waals surface area contributed by atoms with E-state index in [1.807, 2.05) is 36.4 Å². The van der Waals surface area contributed by atoms with Gasteiger partial charge in [-0.3, -0.25) is 0 Å². The van der Waals surface area contributed by atoms with Crippen molar-refractivity contribution < 1.29 is 59.8 Å². The summed E-state index contributed by atoms with van der Waals surface area (Å²) in [5.74, 6) is 0.694. The number of fused-ring (bicyclic) bond motifs is 8.